The number of anilines is 2. The fraction of sp³-hybridized carbons (Fsp3) is 0.355. The van der Waals surface area contributed by atoms with Crippen LogP contribution in [0.15, 0.2) is 60.7 Å². The van der Waals surface area contributed by atoms with E-state index >= 15 is 0 Å². The Hall–Kier alpha value is -4.03. The molecule has 1 saturated heterocycles. The SMILES string of the molecule is CCOc1ccccc1-c1ccc2c(c1)N(C(=O)CCN)CC21CCN(c2ccc(C(F)(F)F)cc2C#N)CC1. The van der Waals surface area contributed by atoms with Crippen molar-refractivity contribution in [2.45, 2.75) is 37.8 Å². The van der Waals surface area contributed by atoms with Crippen LogP contribution in [0, 0.1) is 11.3 Å². The Morgan fingerprint density at radius 3 is 2.50 bits per heavy atom. The summed E-state index contributed by atoms with van der Waals surface area (Å²) < 4.78 is 45.5. The summed E-state index contributed by atoms with van der Waals surface area (Å²) in [6, 6.07) is 19.3. The monoisotopic (exact) mass is 548 g/mol. The van der Waals surface area contributed by atoms with Gasteiger partial charge in [-0.1, -0.05) is 30.3 Å². The average Bonchev–Trinajstić information content (AvgIpc) is 3.26. The van der Waals surface area contributed by atoms with Gasteiger partial charge in [-0.3, -0.25) is 4.79 Å². The molecule has 2 heterocycles. The molecule has 0 bridgehead atoms. The Bertz CT molecular complexity index is 1460. The summed E-state index contributed by atoms with van der Waals surface area (Å²) in [5.41, 5.74) is 8.97. The number of nitriles is 1. The number of rotatable bonds is 6. The van der Waals surface area contributed by atoms with Gasteiger partial charge < -0.3 is 20.3 Å². The topological polar surface area (TPSA) is 82.6 Å². The van der Waals surface area contributed by atoms with E-state index in [0.717, 1.165) is 40.3 Å². The van der Waals surface area contributed by atoms with Crippen molar-refractivity contribution in [2.75, 3.05) is 42.6 Å². The number of benzene rings is 3. The van der Waals surface area contributed by atoms with Gasteiger partial charge in [0.05, 0.1) is 23.4 Å². The molecule has 0 radical (unpaired) electrons. The van der Waals surface area contributed by atoms with Gasteiger partial charge in [-0.15, -0.1) is 0 Å². The number of carbonyl (C=O) groups excluding carboxylic acids is 1. The number of ether oxygens (including phenoxy) is 1. The number of alkyl halides is 3. The zero-order valence-electron chi connectivity index (χ0n) is 22.3. The summed E-state index contributed by atoms with van der Waals surface area (Å²) in [6.07, 6.45) is -2.90. The lowest BCUT2D eigenvalue weighted by atomic mass is 9.74. The minimum Gasteiger partial charge on any atom is -0.493 e. The van der Waals surface area contributed by atoms with Crippen LogP contribution in [0.4, 0.5) is 24.5 Å². The van der Waals surface area contributed by atoms with Crippen molar-refractivity contribution >= 4 is 17.3 Å². The number of fused-ring (bicyclic) bond motifs is 2. The summed E-state index contributed by atoms with van der Waals surface area (Å²) in [5.74, 6) is 0.739. The van der Waals surface area contributed by atoms with Crippen LogP contribution in [0.5, 0.6) is 5.75 Å². The molecule has 3 aromatic carbocycles. The largest absolute Gasteiger partial charge is 0.493 e. The Morgan fingerprint density at radius 2 is 1.82 bits per heavy atom. The number of nitrogens with two attached hydrogens (primary N) is 1. The van der Waals surface area contributed by atoms with Crippen molar-refractivity contribution in [3.63, 3.8) is 0 Å². The minimum atomic E-state index is -4.51. The molecule has 2 aliphatic heterocycles. The Kier molecular flexibility index (Phi) is 7.47. The summed E-state index contributed by atoms with van der Waals surface area (Å²) in [6.45, 7) is 4.34. The Labute approximate surface area is 231 Å². The molecule has 1 spiro atoms. The first kappa shape index (κ1) is 27.5. The third-order valence-electron chi connectivity index (χ3n) is 7.98. The second-order valence-electron chi connectivity index (χ2n) is 10.3. The molecule has 5 rings (SSSR count). The molecule has 0 atom stereocenters. The van der Waals surface area contributed by atoms with Gasteiger partial charge in [-0.2, -0.15) is 18.4 Å². The molecule has 40 heavy (non-hydrogen) atoms. The van der Waals surface area contributed by atoms with E-state index in [9.17, 15) is 23.2 Å². The highest BCUT2D eigenvalue weighted by atomic mass is 19.4. The highest BCUT2D eigenvalue weighted by Crippen LogP contribution is 2.49. The van der Waals surface area contributed by atoms with Crippen LogP contribution < -0.4 is 20.3 Å². The number of hydrogen-bond donors (Lipinski definition) is 1. The molecular formula is C31H31F3N4O2. The van der Waals surface area contributed by atoms with Gasteiger partial charge in [0.2, 0.25) is 5.91 Å². The molecule has 6 nitrogen and oxygen atoms in total. The highest BCUT2D eigenvalue weighted by molar-refractivity contribution is 5.97. The molecule has 3 aromatic rings. The zero-order chi connectivity index (χ0) is 28.5. The van der Waals surface area contributed by atoms with E-state index < -0.39 is 11.7 Å². The van der Waals surface area contributed by atoms with E-state index in [2.05, 4.69) is 12.1 Å². The fourth-order valence-electron chi connectivity index (χ4n) is 5.99. The predicted octanol–water partition coefficient (Wildman–Crippen LogP) is 5.88. The van der Waals surface area contributed by atoms with Crippen LogP contribution in [0.1, 0.15) is 42.9 Å². The minimum absolute atomic E-state index is 0.00922. The number of para-hydroxylation sites is 1. The van der Waals surface area contributed by atoms with Gasteiger partial charge in [-0.25, -0.2) is 0 Å². The van der Waals surface area contributed by atoms with Crippen LogP contribution in [-0.2, 0) is 16.4 Å². The molecule has 0 unspecified atom stereocenters. The quantitative estimate of drug-likeness (QED) is 0.416. The van der Waals surface area contributed by atoms with Crippen LogP contribution in [0.2, 0.25) is 0 Å². The molecule has 0 saturated carbocycles. The molecule has 0 aromatic heterocycles. The number of hydrogen-bond acceptors (Lipinski definition) is 5. The van der Waals surface area contributed by atoms with E-state index in [0.29, 0.717) is 44.8 Å². The molecule has 0 aliphatic carbocycles. The molecule has 2 N–H and O–H groups in total. The van der Waals surface area contributed by atoms with Crippen LogP contribution in [0.3, 0.4) is 0 Å². The Morgan fingerprint density at radius 1 is 1.07 bits per heavy atom. The van der Waals surface area contributed by atoms with E-state index in [-0.39, 0.29) is 29.9 Å². The molecule has 1 fully saturated rings. The fourth-order valence-corrected chi connectivity index (χ4v) is 5.99. The van der Waals surface area contributed by atoms with Gasteiger partial charge in [0.15, 0.2) is 0 Å². The van der Waals surface area contributed by atoms with Gasteiger partial charge >= 0.3 is 6.18 Å². The summed E-state index contributed by atoms with van der Waals surface area (Å²) in [4.78, 5) is 17.0. The smallest absolute Gasteiger partial charge is 0.416 e. The maximum absolute atomic E-state index is 13.2. The first-order chi connectivity index (χ1) is 19.2. The summed E-state index contributed by atoms with van der Waals surface area (Å²) >= 11 is 0. The van der Waals surface area contributed by atoms with Crippen molar-refractivity contribution < 1.29 is 22.7 Å². The van der Waals surface area contributed by atoms with Gasteiger partial charge in [-0.05, 0) is 61.2 Å². The highest BCUT2D eigenvalue weighted by Gasteiger charge is 2.46. The van der Waals surface area contributed by atoms with E-state index in [1.165, 1.54) is 6.07 Å². The third kappa shape index (κ3) is 5.00. The van der Waals surface area contributed by atoms with Crippen molar-refractivity contribution in [2.24, 2.45) is 5.73 Å². The van der Waals surface area contributed by atoms with Crippen molar-refractivity contribution in [3.8, 4) is 22.9 Å². The van der Waals surface area contributed by atoms with Gasteiger partial charge in [0, 0.05) is 49.3 Å². The summed E-state index contributed by atoms with van der Waals surface area (Å²) in [5, 5.41) is 9.59. The molecule has 9 heteroatoms. The lowest BCUT2D eigenvalue weighted by molar-refractivity contribution is -0.137. The predicted molar refractivity (Wildman–Crippen MR) is 148 cm³/mol. The van der Waals surface area contributed by atoms with Crippen molar-refractivity contribution in [1.82, 2.24) is 0 Å². The van der Waals surface area contributed by atoms with Gasteiger partial charge in [0.25, 0.3) is 0 Å². The number of nitrogens with zero attached hydrogens (tertiary/aromatic N) is 3. The van der Waals surface area contributed by atoms with Crippen molar-refractivity contribution in [3.05, 3.63) is 77.4 Å². The second kappa shape index (κ2) is 10.9. The average molecular weight is 549 g/mol. The van der Waals surface area contributed by atoms with Crippen LogP contribution in [0.25, 0.3) is 11.1 Å². The zero-order valence-corrected chi connectivity index (χ0v) is 22.3. The molecular weight excluding hydrogens is 517 g/mol. The number of piperidine rings is 1. The maximum Gasteiger partial charge on any atom is 0.416 e. The molecule has 1 amide bonds. The van der Waals surface area contributed by atoms with E-state index in [1.54, 1.807) is 0 Å². The van der Waals surface area contributed by atoms with Crippen LogP contribution >= 0.6 is 0 Å². The van der Waals surface area contributed by atoms with Crippen LogP contribution in [-0.4, -0.2) is 38.7 Å². The lowest BCUT2D eigenvalue weighted by Crippen LogP contribution is -2.46. The first-order valence-corrected chi connectivity index (χ1v) is 13.4. The molecule has 2 aliphatic rings. The normalized spacial score (nSPS) is 16.1. The number of carbonyl (C=O) groups is 1. The van der Waals surface area contributed by atoms with E-state index in [4.69, 9.17) is 10.5 Å². The van der Waals surface area contributed by atoms with Gasteiger partial charge in [0.1, 0.15) is 11.8 Å². The maximum atomic E-state index is 13.2. The lowest BCUT2D eigenvalue weighted by Gasteiger charge is -2.41. The number of halogens is 3. The standard InChI is InChI=1S/C31H31F3N4O2/c1-2-40-28-6-4-3-5-24(28)21-7-9-25-27(18-21)38(29(39)11-14-35)20-30(25)12-15-37(16-13-30)26-10-8-23(31(32,33)34)17-22(26)19-36/h3-10,17-18H,2,11-16,20,35H2,1H3. The Balaban J connectivity index is 1.47. The second-order valence-corrected chi connectivity index (χ2v) is 10.3. The van der Waals surface area contributed by atoms with E-state index in [1.807, 2.05) is 53.1 Å². The molecule has 208 valence electrons. The third-order valence-corrected chi connectivity index (χ3v) is 7.98. The summed E-state index contributed by atoms with van der Waals surface area (Å²) in [7, 11) is 0. The van der Waals surface area contributed by atoms with Crippen molar-refractivity contribution in [1.29, 1.82) is 5.26 Å². The first-order valence-electron chi connectivity index (χ1n) is 13.4. The number of amides is 1.